The number of nitrogens with two attached hydrogens (primary N) is 1. The Hall–Kier alpha value is -1.02. The van der Waals surface area contributed by atoms with Gasteiger partial charge in [0.1, 0.15) is 5.84 Å². The molecule has 0 amide bonds. The second-order valence-electron chi connectivity index (χ2n) is 5.85. The van der Waals surface area contributed by atoms with E-state index in [4.69, 9.17) is 10.9 Å². The van der Waals surface area contributed by atoms with Gasteiger partial charge in [0, 0.05) is 31.6 Å². The molecule has 0 unspecified atom stereocenters. The first-order valence-corrected chi connectivity index (χ1v) is 6.63. The summed E-state index contributed by atoms with van der Waals surface area (Å²) in [4.78, 5) is 3.53. The summed E-state index contributed by atoms with van der Waals surface area (Å²) in [7, 11) is 0. The molecule has 0 spiro atoms. The maximum absolute atomic E-state index is 12.3. The van der Waals surface area contributed by atoms with Crippen LogP contribution < -0.4 is 5.73 Å². The van der Waals surface area contributed by atoms with E-state index in [0.717, 1.165) is 6.54 Å². The Morgan fingerprint density at radius 2 is 1.65 bits per heavy atom. The molecular weight excluding hydrogens is 273 g/mol. The smallest absolute Gasteiger partial charge is 0.401 e. The number of oxime groups is 1. The Labute approximate surface area is 117 Å². The van der Waals surface area contributed by atoms with E-state index >= 15 is 0 Å². The predicted octanol–water partition coefficient (Wildman–Crippen LogP) is 1.33. The molecule has 0 saturated carbocycles. The van der Waals surface area contributed by atoms with Gasteiger partial charge in [-0.1, -0.05) is 19.0 Å². The summed E-state index contributed by atoms with van der Waals surface area (Å²) in [5, 5.41) is 11.7. The molecule has 0 bridgehead atoms. The van der Waals surface area contributed by atoms with Gasteiger partial charge in [0.05, 0.1) is 6.54 Å². The molecule has 5 nitrogen and oxygen atoms in total. The van der Waals surface area contributed by atoms with Crippen LogP contribution in [-0.4, -0.2) is 66.3 Å². The Bertz CT molecular complexity index is 336. The highest BCUT2D eigenvalue weighted by Gasteiger charge is 2.32. The average molecular weight is 296 g/mol. The van der Waals surface area contributed by atoms with Crippen LogP contribution in [0.4, 0.5) is 13.2 Å². The first kappa shape index (κ1) is 17.0. The third-order valence-electron chi connectivity index (χ3n) is 3.72. The molecule has 0 aromatic carbocycles. The average Bonchev–Trinajstić information content (AvgIpc) is 2.35. The summed E-state index contributed by atoms with van der Waals surface area (Å²) in [6, 6.07) is 0. The monoisotopic (exact) mass is 296 g/mol. The van der Waals surface area contributed by atoms with Crippen LogP contribution in [0.25, 0.3) is 0 Å². The van der Waals surface area contributed by atoms with E-state index in [1.165, 1.54) is 4.90 Å². The van der Waals surface area contributed by atoms with E-state index in [-0.39, 0.29) is 5.84 Å². The molecular formula is C12H23F3N4O. The van der Waals surface area contributed by atoms with Crippen LogP contribution in [0.15, 0.2) is 5.16 Å². The van der Waals surface area contributed by atoms with Gasteiger partial charge in [0.2, 0.25) is 0 Å². The SMILES string of the molecule is CC(C)(CCN1CCN(CC(F)(F)F)CC1)C(N)=NO. The topological polar surface area (TPSA) is 65.1 Å². The van der Waals surface area contributed by atoms with Crippen LogP contribution >= 0.6 is 0 Å². The lowest BCUT2D eigenvalue weighted by Gasteiger charge is -2.36. The number of halogens is 3. The highest BCUT2D eigenvalue weighted by atomic mass is 19.4. The molecule has 1 rings (SSSR count). The minimum absolute atomic E-state index is 0.174. The second-order valence-corrected chi connectivity index (χ2v) is 5.85. The van der Waals surface area contributed by atoms with E-state index in [1.807, 2.05) is 13.8 Å². The van der Waals surface area contributed by atoms with Gasteiger partial charge in [-0.05, 0) is 13.0 Å². The van der Waals surface area contributed by atoms with Crippen molar-refractivity contribution in [3.05, 3.63) is 0 Å². The third-order valence-corrected chi connectivity index (χ3v) is 3.72. The van der Waals surface area contributed by atoms with Gasteiger partial charge in [-0.3, -0.25) is 4.90 Å². The number of rotatable bonds is 5. The van der Waals surface area contributed by atoms with E-state index in [9.17, 15) is 13.2 Å². The molecule has 1 heterocycles. The van der Waals surface area contributed by atoms with Gasteiger partial charge in [-0.15, -0.1) is 0 Å². The van der Waals surface area contributed by atoms with E-state index in [1.54, 1.807) is 0 Å². The van der Waals surface area contributed by atoms with Gasteiger partial charge in [-0.2, -0.15) is 13.2 Å². The van der Waals surface area contributed by atoms with Crippen molar-refractivity contribution in [1.82, 2.24) is 9.80 Å². The molecule has 0 radical (unpaired) electrons. The summed E-state index contributed by atoms with van der Waals surface area (Å²) >= 11 is 0. The van der Waals surface area contributed by atoms with Crippen LogP contribution in [0.1, 0.15) is 20.3 Å². The van der Waals surface area contributed by atoms with Gasteiger partial charge in [0.25, 0.3) is 0 Å². The maximum Gasteiger partial charge on any atom is 0.401 e. The molecule has 20 heavy (non-hydrogen) atoms. The van der Waals surface area contributed by atoms with Gasteiger partial charge >= 0.3 is 6.18 Å². The Balaban J connectivity index is 2.33. The van der Waals surface area contributed by atoms with Crippen LogP contribution in [0.2, 0.25) is 0 Å². The first-order chi connectivity index (χ1) is 9.14. The third kappa shape index (κ3) is 5.54. The minimum Gasteiger partial charge on any atom is -0.409 e. The van der Waals surface area contributed by atoms with Crippen LogP contribution in [0.5, 0.6) is 0 Å². The zero-order valence-electron chi connectivity index (χ0n) is 11.9. The highest BCUT2D eigenvalue weighted by molar-refractivity contribution is 5.85. The molecule has 0 aromatic heterocycles. The molecule has 0 aliphatic carbocycles. The zero-order chi connectivity index (χ0) is 15.4. The summed E-state index contributed by atoms with van der Waals surface area (Å²) < 4.78 is 36.8. The summed E-state index contributed by atoms with van der Waals surface area (Å²) in [6.45, 7) is 5.71. The first-order valence-electron chi connectivity index (χ1n) is 6.63. The van der Waals surface area contributed by atoms with Gasteiger partial charge < -0.3 is 15.8 Å². The molecule has 1 aliphatic heterocycles. The molecule has 1 saturated heterocycles. The zero-order valence-corrected chi connectivity index (χ0v) is 11.9. The predicted molar refractivity (Wildman–Crippen MR) is 70.7 cm³/mol. The number of hydrogen-bond acceptors (Lipinski definition) is 4. The standard InChI is InChI=1S/C12H23F3N4O/c1-11(2,10(16)17-20)3-4-18-5-7-19(8-6-18)9-12(13,14)15/h20H,3-9H2,1-2H3,(H2,16,17). The number of amidine groups is 1. The lowest BCUT2D eigenvalue weighted by atomic mass is 9.88. The largest absolute Gasteiger partial charge is 0.409 e. The Morgan fingerprint density at radius 1 is 1.15 bits per heavy atom. The summed E-state index contributed by atoms with van der Waals surface area (Å²) in [5.41, 5.74) is 5.19. The number of piperazine rings is 1. The Morgan fingerprint density at radius 3 is 2.10 bits per heavy atom. The fourth-order valence-corrected chi connectivity index (χ4v) is 2.13. The maximum atomic E-state index is 12.3. The summed E-state index contributed by atoms with van der Waals surface area (Å²) in [6.07, 6.45) is -3.43. The Kier molecular flexibility index (Phi) is 5.64. The molecule has 0 atom stereocenters. The van der Waals surface area contributed by atoms with Gasteiger partial charge in [-0.25, -0.2) is 0 Å². The lowest BCUT2D eigenvalue weighted by molar-refractivity contribution is -0.149. The van der Waals surface area contributed by atoms with E-state index in [0.29, 0.717) is 32.6 Å². The van der Waals surface area contributed by atoms with E-state index in [2.05, 4.69) is 10.1 Å². The van der Waals surface area contributed by atoms with Crippen LogP contribution in [0, 0.1) is 5.41 Å². The van der Waals surface area contributed by atoms with Crippen molar-refractivity contribution in [2.75, 3.05) is 39.3 Å². The van der Waals surface area contributed by atoms with E-state index < -0.39 is 18.1 Å². The highest BCUT2D eigenvalue weighted by Crippen LogP contribution is 2.22. The lowest BCUT2D eigenvalue weighted by Crippen LogP contribution is -2.50. The number of hydrogen-bond donors (Lipinski definition) is 2. The molecule has 3 N–H and O–H groups in total. The second kappa shape index (κ2) is 6.62. The number of nitrogens with zero attached hydrogens (tertiary/aromatic N) is 3. The molecule has 8 heteroatoms. The van der Waals surface area contributed by atoms with Crippen LogP contribution in [-0.2, 0) is 0 Å². The van der Waals surface area contributed by atoms with Gasteiger partial charge in [0.15, 0.2) is 0 Å². The van der Waals surface area contributed by atoms with Crippen molar-refractivity contribution < 1.29 is 18.4 Å². The van der Waals surface area contributed by atoms with Crippen molar-refractivity contribution in [2.45, 2.75) is 26.4 Å². The summed E-state index contributed by atoms with van der Waals surface area (Å²) in [5.74, 6) is 0.174. The molecule has 1 fully saturated rings. The fourth-order valence-electron chi connectivity index (χ4n) is 2.13. The van der Waals surface area contributed by atoms with Crippen molar-refractivity contribution in [3.8, 4) is 0 Å². The number of alkyl halides is 3. The van der Waals surface area contributed by atoms with Crippen molar-refractivity contribution in [3.63, 3.8) is 0 Å². The van der Waals surface area contributed by atoms with Crippen molar-refractivity contribution >= 4 is 5.84 Å². The van der Waals surface area contributed by atoms with Crippen LogP contribution in [0.3, 0.4) is 0 Å². The van der Waals surface area contributed by atoms with Crippen molar-refractivity contribution in [2.24, 2.45) is 16.3 Å². The molecule has 0 aromatic rings. The minimum atomic E-state index is -4.13. The quantitative estimate of drug-likeness (QED) is 0.348. The molecule has 118 valence electrons. The fraction of sp³-hybridized carbons (Fsp3) is 0.917. The van der Waals surface area contributed by atoms with Crippen molar-refractivity contribution in [1.29, 1.82) is 0 Å². The molecule has 1 aliphatic rings. The normalized spacial score (nSPS) is 20.4.